The smallest absolute Gasteiger partial charge is 0.227 e. The third-order valence-corrected chi connectivity index (χ3v) is 1.41. The molecule has 0 fully saturated rings. The fourth-order valence-electron chi connectivity index (χ4n) is 0.738. The molecular formula is C7H11N3O2. The number of amides is 1. The first-order chi connectivity index (χ1) is 5.76. The third-order valence-electron chi connectivity index (χ3n) is 1.41. The number of nitrogens with one attached hydrogen (secondary N) is 1. The molecule has 66 valence electrons. The van der Waals surface area contributed by atoms with Crippen molar-refractivity contribution >= 4 is 5.91 Å². The van der Waals surface area contributed by atoms with Crippen LogP contribution in [0.15, 0.2) is 4.52 Å². The van der Waals surface area contributed by atoms with Crippen LogP contribution in [-0.4, -0.2) is 23.1 Å². The molecule has 5 nitrogen and oxygen atoms in total. The van der Waals surface area contributed by atoms with E-state index >= 15 is 0 Å². The lowest BCUT2D eigenvalue weighted by atomic mass is 10.4. The minimum atomic E-state index is -0.113. The molecule has 0 radical (unpaired) electrons. The molecule has 1 N–H and O–H groups in total. The van der Waals surface area contributed by atoms with Crippen molar-refractivity contribution in [3.8, 4) is 0 Å². The molecule has 1 aromatic heterocycles. The molecule has 1 amide bonds. The van der Waals surface area contributed by atoms with Gasteiger partial charge in [-0.15, -0.1) is 0 Å². The van der Waals surface area contributed by atoms with Crippen LogP contribution < -0.4 is 5.32 Å². The van der Waals surface area contributed by atoms with E-state index in [1.165, 1.54) is 0 Å². The number of aryl methyl sites for hydroxylation is 1. The SMILES string of the molecule is CCc1nc(CC(=O)NC)no1. The van der Waals surface area contributed by atoms with Gasteiger partial charge in [-0.25, -0.2) is 0 Å². The Morgan fingerprint density at radius 1 is 1.67 bits per heavy atom. The molecule has 0 aliphatic carbocycles. The number of hydrogen-bond donors (Lipinski definition) is 1. The zero-order chi connectivity index (χ0) is 8.97. The quantitative estimate of drug-likeness (QED) is 0.687. The molecule has 1 heterocycles. The van der Waals surface area contributed by atoms with Crippen LogP contribution in [0, 0.1) is 0 Å². The molecule has 0 aliphatic heterocycles. The maximum Gasteiger partial charge on any atom is 0.227 e. The zero-order valence-corrected chi connectivity index (χ0v) is 7.13. The van der Waals surface area contributed by atoms with Gasteiger partial charge < -0.3 is 9.84 Å². The van der Waals surface area contributed by atoms with Crippen LogP contribution in [0.4, 0.5) is 0 Å². The van der Waals surface area contributed by atoms with Crippen LogP contribution in [0.5, 0.6) is 0 Å². The minimum absolute atomic E-state index is 0.113. The van der Waals surface area contributed by atoms with E-state index in [0.29, 0.717) is 18.1 Å². The molecule has 0 aromatic carbocycles. The summed E-state index contributed by atoms with van der Waals surface area (Å²) in [6.07, 6.45) is 0.876. The fourth-order valence-corrected chi connectivity index (χ4v) is 0.738. The van der Waals surface area contributed by atoms with E-state index in [1.807, 2.05) is 6.92 Å². The van der Waals surface area contributed by atoms with Crippen molar-refractivity contribution in [1.82, 2.24) is 15.5 Å². The Balaban J connectivity index is 2.58. The third kappa shape index (κ3) is 2.05. The Labute approximate surface area is 70.2 Å². The number of aromatic nitrogens is 2. The second-order valence-electron chi connectivity index (χ2n) is 2.31. The highest BCUT2D eigenvalue weighted by atomic mass is 16.5. The van der Waals surface area contributed by atoms with Gasteiger partial charge in [-0.1, -0.05) is 12.1 Å². The van der Waals surface area contributed by atoms with Crippen molar-refractivity contribution in [2.24, 2.45) is 0 Å². The largest absolute Gasteiger partial charge is 0.359 e. The molecule has 0 aliphatic rings. The second kappa shape index (κ2) is 3.85. The summed E-state index contributed by atoms with van der Waals surface area (Å²) in [6, 6.07) is 0. The molecule has 0 spiro atoms. The van der Waals surface area contributed by atoms with Crippen molar-refractivity contribution in [1.29, 1.82) is 0 Å². The van der Waals surface area contributed by atoms with Crippen molar-refractivity contribution < 1.29 is 9.32 Å². The molecule has 0 saturated carbocycles. The van der Waals surface area contributed by atoms with E-state index in [0.717, 1.165) is 0 Å². The van der Waals surface area contributed by atoms with Crippen LogP contribution in [-0.2, 0) is 17.6 Å². The van der Waals surface area contributed by atoms with Crippen LogP contribution in [0.2, 0.25) is 0 Å². The summed E-state index contributed by atoms with van der Waals surface area (Å²) in [4.78, 5) is 14.8. The monoisotopic (exact) mass is 169 g/mol. The van der Waals surface area contributed by atoms with Crippen molar-refractivity contribution in [3.63, 3.8) is 0 Å². The maximum absolute atomic E-state index is 10.8. The minimum Gasteiger partial charge on any atom is -0.359 e. The number of carbonyl (C=O) groups is 1. The highest BCUT2D eigenvalue weighted by Gasteiger charge is 2.07. The highest BCUT2D eigenvalue weighted by molar-refractivity contribution is 5.77. The molecule has 0 bridgehead atoms. The van der Waals surface area contributed by atoms with Gasteiger partial charge in [0.2, 0.25) is 11.8 Å². The fraction of sp³-hybridized carbons (Fsp3) is 0.571. The Morgan fingerprint density at radius 2 is 2.42 bits per heavy atom. The van der Waals surface area contributed by atoms with Crippen LogP contribution in [0.1, 0.15) is 18.6 Å². The number of nitrogens with zero attached hydrogens (tertiary/aromatic N) is 2. The first-order valence-corrected chi connectivity index (χ1v) is 3.78. The Bertz CT molecular complexity index is 269. The Hall–Kier alpha value is -1.39. The first-order valence-electron chi connectivity index (χ1n) is 3.78. The average Bonchev–Trinajstić information content (AvgIpc) is 2.52. The lowest BCUT2D eigenvalue weighted by molar-refractivity contribution is -0.120. The van der Waals surface area contributed by atoms with Crippen molar-refractivity contribution in [2.45, 2.75) is 19.8 Å². The van der Waals surface area contributed by atoms with Crippen molar-refractivity contribution in [3.05, 3.63) is 11.7 Å². The van der Waals surface area contributed by atoms with E-state index in [4.69, 9.17) is 4.52 Å². The summed E-state index contributed by atoms with van der Waals surface area (Å²) in [6.45, 7) is 1.91. The van der Waals surface area contributed by atoms with E-state index in [9.17, 15) is 4.79 Å². The molecular weight excluding hydrogens is 158 g/mol. The van der Waals surface area contributed by atoms with Crippen LogP contribution >= 0.6 is 0 Å². The van der Waals surface area contributed by atoms with Crippen LogP contribution in [0.3, 0.4) is 0 Å². The Kier molecular flexibility index (Phi) is 2.79. The molecule has 1 aromatic rings. The summed E-state index contributed by atoms with van der Waals surface area (Å²) in [5.41, 5.74) is 0. The molecule has 1 rings (SSSR count). The number of rotatable bonds is 3. The van der Waals surface area contributed by atoms with Crippen molar-refractivity contribution in [2.75, 3.05) is 7.05 Å². The molecule has 0 atom stereocenters. The molecule has 0 unspecified atom stereocenters. The summed E-state index contributed by atoms with van der Waals surface area (Å²) < 4.78 is 4.82. The Morgan fingerprint density at radius 3 is 2.92 bits per heavy atom. The van der Waals surface area contributed by atoms with Gasteiger partial charge in [-0.05, 0) is 0 Å². The molecule has 0 saturated heterocycles. The standard InChI is InChI=1S/C7H11N3O2/c1-3-7-9-5(10-12-7)4-6(11)8-2/h3-4H2,1-2H3,(H,8,11). The van der Waals surface area contributed by atoms with E-state index < -0.39 is 0 Å². The lowest BCUT2D eigenvalue weighted by Gasteiger charge is -1.91. The van der Waals surface area contributed by atoms with Gasteiger partial charge in [-0.3, -0.25) is 4.79 Å². The number of likely N-dealkylation sites (N-methyl/N-ethyl adjacent to an activating group) is 1. The molecule has 12 heavy (non-hydrogen) atoms. The van der Waals surface area contributed by atoms with Gasteiger partial charge in [0.1, 0.15) is 0 Å². The summed E-state index contributed by atoms with van der Waals surface area (Å²) in [5, 5.41) is 6.11. The lowest BCUT2D eigenvalue weighted by Crippen LogP contribution is -2.20. The average molecular weight is 169 g/mol. The van der Waals surface area contributed by atoms with Gasteiger partial charge in [0.25, 0.3) is 0 Å². The van der Waals surface area contributed by atoms with Gasteiger partial charge in [0.05, 0.1) is 6.42 Å². The molecule has 5 heteroatoms. The summed E-state index contributed by atoms with van der Waals surface area (Å²) >= 11 is 0. The van der Waals surface area contributed by atoms with E-state index in [1.54, 1.807) is 7.05 Å². The number of hydrogen-bond acceptors (Lipinski definition) is 4. The van der Waals surface area contributed by atoms with Gasteiger partial charge in [0.15, 0.2) is 5.82 Å². The second-order valence-corrected chi connectivity index (χ2v) is 2.31. The maximum atomic E-state index is 10.8. The normalized spacial score (nSPS) is 9.83. The van der Waals surface area contributed by atoms with Gasteiger partial charge in [-0.2, -0.15) is 4.98 Å². The van der Waals surface area contributed by atoms with E-state index in [2.05, 4.69) is 15.5 Å². The first kappa shape index (κ1) is 8.70. The predicted octanol–water partition coefficient (Wildman–Crippen LogP) is -0.0795. The number of carbonyl (C=O) groups excluding carboxylic acids is 1. The topological polar surface area (TPSA) is 68.0 Å². The summed E-state index contributed by atoms with van der Waals surface area (Å²) in [7, 11) is 1.57. The highest BCUT2D eigenvalue weighted by Crippen LogP contribution is 1.97. The van der Waals surface area contributed by atoms with Gasteiger partial charge >= 0.3 is 0 Å². The van der Waals surface area contributed by atoms with Gasteiger partial charge in [0, 0.05) is 13.5 Å². The van der Waals surface area contributed by atoms with Crippen LogP contribution in [0.25, 0.3) is 0 Å². The predicted molar refractivity (Wildman–Crippen MR) is 41.4 cm³/mol. The summed E-state index contributed by atoms with van der Waals surface area (Å²) in [5.74, 6) is 0.888. The van der Waals surface area contributed by atoms with E-state index in [-0.39, 0.29) is 12.3 Å². The zero-order valence-electron chi connectivity index (χ0n) is 7.13.